The van der Waals surface area contributed by atoms with Crippen LogP contribution >= 0.6 is 15.9 Å². The van der Waals surface area contributed by atoms with Crippen LogP contribution in [0.4, 0.5) is 0 Å². The molecule has 1 aromatic heterocycles. The molecule has 2 heterocycles. The fraction of sp³-hybridized carbons (Fsp3) is 0.667. The Bertz CT molecular complexity index is 391. The van der Waals surface area contributed by atoms with Crippen LogP contribution in [0.25, 0.3) is 0 Å². The number of hydrogen-bond acceptors (Lipinski definition) is 3. The molecule has 19 heavy (non-hydrogen) atoms. The summed E-state index contributed by atoms with van der Waals surface area (Å²) in [6.07, 6.45) is 3.09. The molecule has 0 aromatic carbocycles. The van der Waals surface area contributed by atoms with Crippen LogP contribution in [0.2, 0.25) is 0 Å². The van der Waals surface area contributed by atoms with Gasteiger partial charge in [-0.2, -0.15) is 0 Å². The molecule has 0 bridgehead atoms. The van der Waals surface area contributed by atoms with Crippen molar-refractivity contribution in [3.05, 3.63) is 28.5 Å². The third kappa shape index (κ3) is 4.26. The number of pyridine rings is 1. The lowest BCUT2D eigenvalue weighted by molar-refractivity contribution is 0.182. The summed E-state index contributed by atoms with van der Waals surface area (Å²) in [5, 5.41) is 3.67. The molecule has 1 saturated heterocycles. The Morgan fingerprint density at radius 3 is 2.89 bits per heavy atom. The second kappa shape index (κ2) is 6.82. The fourth-order valence-corrected chi connectivity index (χ4v) is 2.77. The highest BCUT2D eigenvalue weighted by molar-refractivity contribution is 9.10. The molecule has 106 valence electrons. The van der Waals surface area contributed by atoms with Crippen molar-refractivity contribution in [2.75, 3.05) is 13.1 Å². The van der Waals surface area contributed by atoms with Crippen molar-refractivity contribution in [3.63, 3.8) is 0 Å². The highest BCUT2D eigenvalue weighted by Gasteiger charge is 2.24. The molecule has 0 amide bonds. The molecule has 0 saturated carbocycles. The Morgan fingerprint density at radius 2 is 2.26 bits per heavy atom. The lowest BCUT2D eigenvalue weighted by Crippen LogP contribution is -2.42. The van der Waals surface area contributed by atoms with E-state index in [0.717, 1.165) is 29.8 Å². The highest BCUT2D eigenvalue weighted by atomic mass is 79.9. The van der Waals surface area contributed by atoms with E-state index >= 15 is 0 Å². The van der Waals surface area contributed by atoms with Crippen LogP contribution in [0.15, 0.2) is 22.8 Å². The minimum Gasteiger partial charge on any atom is -0.312 e. The smallest absolute Gasteiger partial charge is 0.0544 e. The summed E-state index contributed by atoms with van der Waals surface area (Å²) in [5.74, 6) is 0.672. The van der Waals surface area contributed by atoms with Gasteiger partial charge in [0.1, 0.15) is 0 Å². The minimum absolute atomic E-state index is 0.584. The van der Waals surface area contributed by atoms with E-state index in [9.17, 15) is 0 Å². The molecule has 1 N–H and O–H groups in total. The third-order valence-electron chi connectivity index (χ3n) is 3.98. The van der Waals surface area contributed by atoms with Crippen molar-refractivity contribution < 1.29 is 0 Å². The summed E-state index contributed by atoms with van der Waals surface area (Å²) >= 11 is 3.44. The van der Waals surface area contributed by atoms with Gasteiger partial charge in [0.25, 0.3) is 0 Å². The predicted octanol–water partition coefficient (Wildman–Crippen LogP) is 3.05. The maximum absolute atomic E-state index is 4.50. The van der Waals surface area contributed by atoms with Crippen molar-refractivity contribution in [1.82, 2.24) is 15.2 Å². The van der Waals surface area contributed by atoms with Crippen molar-refractivity contribution in [2.45, 2.75) is 45.8 Å². The van der Waals surface area contributed by atoms with Gasteiger partial charge in [-0.05, 0) is 53.9 Å². The molecule has 0 spiro atoms. The van der Waals surface area contributed by atoms with Crippen LogP contribution in [0.5, 0.6) is 0 Å². The first kappa shape index (κ1) is 14.9. The van der Waals surface area contributed by atoms with Crippen LogP contribution in [0, 0.1) is 5.92 Å². The van der Waals surface area contributed by atoms with Crippen molar-refractivity contribution in [2.24, 2.45) is 5.92 Å². The molecule has 4 heteroatoms. The molecule has 2 rings (SSSR count). The standard InChI is InChI=1S/C15H24BrN3/c1-11(2)15-10-19(12(3)6-7-17-15)9-14-5-4-13(16)8-18-14/h4-5,8,11-12,15,17H,6-7,9-10H2,1-3H3. The largest absolute Gasteiger partial charge is 0.312 e. The number of nitrogens with zero attached hydrogens (tertiary/aromatic N) is 2. The van der Waals surface area contributed by atoms with Gasteiger partial charge in [0.2, 0.25) is 0 Å². The molecule has 1 aliphatic heterocycles. The average molecular weight is 326 g/mol. The van der Waals surface area contributed by atoms with Crippen molar-refractivity contribution >= 4 is 15.9 Å². The van der Waals surface area contributed by atoms with E-state index in [4.69, 9.17) is 0 Å². The Hall–Kier alpha value is -0.450. The Morgan fingerprint density at radius 1 is 1.47 bits per heavy atom. The molecule has 1 aliphatic rings. The van der Waals surface area contributed by atoms with Gasteiger partial charge in [0.05, 0.1) is 5.69 Å². The topological polar surface area (TPSA) is 28.2 Å². The molecule has 2 unspecified atom stereocenters. The summed E-state index contributed by atoms with van der Waals surface area (Å²) in [5.41, 5.74) is 1.15. The van der Waals surface area contributed by atoms with Crippen LogP contribution in [0.3, 0.4) is 0 Å². The summed E-state index contributed by atoms with van der Waals surface area (Å²) < 4.78 is 1.04. The van der Waals surface area contributed by atoms with Gasteiger partial charge in [-0.15, -0.1) is 0 Å². The zero-order chi connectivity index (χ0) is 13.8. The van der Waals surface area contributed by atoms with Gasteiger partial charge in [-0.25, -0.2) is 0 Å². The van der Waals surface area contributed by atoms with E-state index in [-0.39, 0.29) is 0 Å². The number of rotatable bonds is 3. The van der Waals surface area contributed by atoms with E-state index in [0.29, 0.717) is 18.0 Å². The minimum atomic E-state index is 0.584. The van der Waals surface area contributed by atoms with Gasteiger partial charge >= 0.3 is 0 Å². The SMILES string of the molecule is CC(C)C1CN(Cc2ccc(Br)cn2)C(C)CCN1. The molecule has 0 radical (unpaired) electrons. The Labute approximate surface area is 124 Å². The highest BCUT2D eigenvalue weighted by Crippen LogP contribution is 2.17. The monoisotopic (exact) mass is 325 g/mol. The zero-order valence-corrected chi connectivity index (χ0v) is 13.7. The summed E-state index contributed by atoms with van der Waals surface area (Å²) in [4.78, 5) is 7.05. The second-order valence-electron chi connectivity index (χ2n) is 5.84. The van der Waals surface area contributed by atoms with E-state index in [2.05, 4.69) is 64.0 Å². The Balaban J connectivity index is 2.04. The zero-order valence-electron chi connectivity index (χ0n) is 12.1. The number of hydrogen-bond donors (Lipinski definition) is 1. The molecule has 3 nitrogen and oxygen atoms in total. The van der Waals surface area contributed by atoms with Gasteiger partial charge in [-0.3, -0.25) is 9.88 Å². The first-order valence-corrected chi connectivity index (χ1v) is 7.93. The van der Waals surface area contributed by atoms with Gasteiger partial charge in [0.15, 0.2) is 0 Å². The first-order chi connectivity index (χ1) is 9.06. The number of aromatic nitrogens is 1. The van der Waals surface area contributed by atoms with E-state index in [1.165, 1.54) is 6.42 Å². The van der Waals surface area contributed by atoms with Crippen LogP contribution < -0.4 is 5.32 Å². The normalized spacial score (nSPS) is 25.5. The van der Waals surface area contributed by atoms with Crippen molar-refractivity contribution in [3.8, 4) is 0 Å². The summed E-state index contributed by atoms with van der Waals surface area (Å²) in [7, 11) is 0. The first-order valence-electron chi connectivity index (χ1n) is 7.14. The van der Waals surface area contributed by atoms with Gasteiger partial charge < -0.3 is 5.32 Å². The van der Waals surface area contributed by atoms with Crippen molar-refractivity contribution in [1.29, 1.82) is 0 Å². The van der Waals surface area contributed by atoms with Crippen LogP contribution in [0.1, 0.15) is 32.9 Å². The maximum atomic E-state index is 4.50. The molecular formula is C15H24BrN3. The van der Waals surface area contributed by atoms with Gasteiger partial charge in [0, 0.05) is 35.8 Å². The second-order valence-corrected chi connectivity index (χ2v) is 6.76. The lowest BCUT2D eigenvalue weighted by Gasteiger charge is -2.30. The van der Waals surface area contributed by atoms with E-state index in [1.807, 2.05) is 6.20 Å². The van der Waals surface area contributed by atoms with E-state index in [1.54, 1.807) is 0 Å². The fourth-order valence-electron chi connectivity index (χ4n) is 2.53. The maximum Gasteiger partial charge on any atom is 0.0544 e. The van der Waals surface area contributed by atoms with Crippen LogP contribution in [-0.4, -0.2) is 35.1 Å². The number of nitrogens with one attached hydrogen (secondary N) is 1. The molecule has 0 aliphatic carbocycles. The quantitative estimate of drug-likeness (QED) is 0.925. The van der Waals surface area contributed by atoms with Gasteiger partial charge in [-0.1, -0.05) is 13.8 Å². The molecule has 1 aromatic rings. The summed E-state index contributed by atoms with van der Waals surface area (Å²) in [6.45, 7) is 10.1. The molecular weight excluding hydrogens is 302 g/mol. The number of halogens is 1. The Kier molecular flexibility index (Phi) is 5.37. The van der Waals surface area contributed by atoms with E-state index < -0.39 is 0 Å². The third-order valence-corrected chi connectivity index (χ3v) is 4.45. The molecule has 1 fully saturated rings. The summed E-state index contributed by atoms with van der Waals surface area (Å²) in [6, 6.07) is 5.38. The average Bonchev–Trinajstić information content (AvgIpc) is 2.55. The predicted molar refractivity (Wildman–Crippen MR) is 83.1 cm³/mol. The molecule has 2 atom stereocenters. The lowest BCUT2D eigenvalue weighted by atomic mass is 10.0. The van der Waals surface area contributed by atoms with Crippen LogP contribution in [-0.2, 0) is 6.54 Å².